The summed E-state index contributed by atoms with van der Waals surface area (Å²) in [6, 6.07) is 7.04. The van der Waals surface area contributed by atoms with Crippen LogP contribution in [0.4, 0.5) is 0 Å². The minimum atomic E-state index is -1.15. The minimum Gasteiger partial charge on any atom is -0.497 e. The number of benzene rings is 1. The number of amides is 1. The van der Waals surface area contributed by atoms with Crippen molar-refractivity contribution in [1.82, 2.24) is 14.5 Å². The molecule has 1 aliphatic rings. The molecule has 1 amide bonds. The lowest BCUT2D eigenvalue weighted by Gasteiger charge is -2.34. The summed E-state index contributed by atoms with van der Waals surface area (Å²) in [7, 11) is 3.56. The number of aromatic nitrogens is 2. The van der Waals surface area contributed by atoms with Crippen LogP contribution in [-0.4, -0.2) is 45.7 Å². The Bertz CT molecular complexity index is 728. The highest BCUT2D eigenvalue weighted by atomic mass is 16.5. The molecule has 0 aliphatic carbocycles. The molecule has 3 rings (SSSR count). The lowest BCUT2D eigenvalue weighted by molar-refractivity contribution is -0.142. The van der Waals surface area contributed by atoms with E-state index in [1.165, 1.54) is 0 Å². The Hall–Kier alpha value is -2.34. The number of imidazole rings is 1. The molecule has 2 atom stereocenters. The van der Waals surface area contributed by atoms with Gasteiger partial charge in [-0.2, -0.15) is 0 Å². The molecule has 0 saturated carbocycles. The molecule has 6 nitrogen and oxygen atoms in total. The zero-order valence-corrected chi connectivity index (χ0v) is 14.8. The molecule has 2 aromatic rings. The molecule has 6 heteroatoms. The van der Waals surface area contributed by atoms with Crippen molar-refractivity contribution in [2.24, 2.45) is 13.0 Å². The Kier molecular flexibility index (Phi) is 5.38. The molecular formula is C19H25N3O3. The van der Waals surface area contributed by atoms with Gasteiger partial charge >= 0.3 is 0 Å². The molecule has 1 saturated heterocycles. The molecule has 1 aromatic heterocycles. The number of rotatable bonds is 5. The fraction of sp³-hybridized carbons (Fsp3) is 0.474. The van der Waals surface area contributed by atoms with Crippen LogP contribution < -0.4 is 4.74 Å². The largest absolute Gasteiger partial charge is 0.497 e. The third kappa shape index (κ3) is 4.02. The molecular weight excluding hydrogens is 318 g/mol. The van der Waals surface area contributed by atoms with Crippen molar-refractivity contribution in [3.8, 4) is 5.75 Å². The summed E-state index contributed by atoms with van der Waals surface area (Å²) >= 11 is 0. The number of hydrogen-bond acceptors (Lipinski definition) is 4. The minimum absolute atomic E-state index is 0.238. The molecule has 0 radical (unpaired) electrons. The number of methoxy groups -OCH3 is 1. The number of aryl methyl sites for hydroxylation is 1. The van der Waals surface area contributed by atoms with Crippen molar-refractivity contribution in [2.75, 3.05) is 20.2 Å². The van der Waals surface area contributed by atoms with Crippen LogP contribution in [-0.2, 0) is 18.3 Å². The van der Waals surface area contributed by atoms with Gasteiger partial charge in [-0.15, -0.1) is 0 Å². The maximum atomic E-state index is 12.7. The molecule has 1 aliphatic heterocycles. The molecule has 134 valence electrons. The highest BCUT2D eigenvalue weighted by Gasteiger charge is 2.29. The first-order chi connectivity index (χ1) is 12.1. The first-order valence-electron chi connectivity index (χ1n) is 8.65. The highest BCUT2D eigenvalue weighted by Crippen LogP contribution is 2.25. The van der Waals surface area contributed by atoms with E-state index < -0.39 is 6.10 Å². The summed E-state index contributed by atoms with van der Waals surface area (Å²) in [6.45, 7) is 1.35. The van der Waals surface area contributed by atoms with Crippen molar-refractivity contribution in [2.45, 2.75) is 25.4 Å². The van der Waals surface area contributed by atoms with Crippen molar-refractivity contribution < 1.29 is 14.6 Å². The Morgan fingerprint density at radius 1 is 1.48 bits per heavy atom. The fourth-order valence-electron chi connectivity index (χ4n) is 3.41. The van der Waals surface area contributed by atoms with Crippen LogP contribution in [0.5, 0.6) is 5.75 Å². The van der Waals surface area contributed by atoms with E-state index in [1.807, 2.05) is 17.8 Å². The van der Waals surface area contributed by atoms with Gasteiger partial charge in [0.1, 0.15) is 11.6 Å². The number of hydrogen-bond donors (Lipinski definition) is 1. The second-order valence-electron chi connectivity index (χ2n) is 6.63. The third-order valence-corrected chi connectivity index (χ3v) is 4.87. The number of aliphatic hydroxyl groups excluding tert-OH is 1. The Morgan fingerprint density at radius 3 is 3.04 bits per heavy atom. The van der Waals surface area contributed by atoms with Gasteiger partial charge in [-0.05, 0) is 36.5 Å². The summed E-state index contributed by atoms with van der Waals surface area (Å²) < 4.78 is 7.19. The average molecular weight is 343 g/mol. The van der Waals surface area contributed by atoms with Crippen LogP contribution in [0.1, 0.15) is 30.3 Å². The van der Waals surface area contributed by atoms with Gasteiger partial charge in [0.25, 0.3) is 5.91 Å². The number of carbonyl (C=O) groups excluding carboxylic acids is 1. The van der Waals surface area contributed by atoms with E-state index >= 15 is 0 Å². The highest BCUT2D eigenvalue weighted by molar-refractivity contribution is 5.82. The van der Waals surface area contributed by atoms with Crippen LogP contribution in [0.2, 0.25) is 0 Å². The summed E-state index contributed by atoms with van der Waals surface area (Å²) in [5.74, 6) is 1.80. The monoisotopic (exact) mass is 343 g/mol. The third-order valence-electron chi connectivity index (χ3n) is 4.87. The Morgan fingerprint density at radius 2 is 2.32 bits per heavy atom. The number of likely N-dealkylation sites (tertiary alicyclic amines) is 1. The molecule has 2 unspecified atom stereocenters. The van der Waals surface area contributed by atoms with Gasteiger partial charge in [0, 0.05) is 39.0 Å². The quantitative estimate of drug-likeness (QED) is 0.901. The number of nitrogens with zero attached hydrogens (tertiary/aromatic N) is 3. The number of piperidine rings is 1. The summed E-state index contributed by atoms with van der Waals surface area (Å²) in [5, 5.41) is 10.5. The van der Waals surface area contributed by atoms with E-state index in [9.17, 15) is 9.90 Å². The zero-order valence-electron chi connectivity index (χ0n) is 14.8. The van der Waals surface area contributed by atoms with Crippen molar-refractivity contribution in [1.29, 1.82) is 0 Å². The molecule has 2 heterocycles. The van der Waals surface area contributed by atoms with E-state index in [0.29, 0.717) is 30.3 Å². The first kappa shape index (κ1) is 17.5. The second-order valence-corrected chi connectivity index (χ2v) is 6.63. The summed E-state index contributed by atoms with van der Waals surface area (Å²) in [6.07, 6.45) is 5.46. The van der Waals surface area contributed by atoms with E-state index in [4.69, 9.17) is 4.74 Å². The molecule has 1 fully saturated rings. The normalized spacial score (nSPS) is 18.8. The van der Waals surface area contributed by atoms with Crippen molar-refractivity contribution in [3.63, 3.8) is 0 Å². The first-order valence-corrected chi connectivity index (χ1v) is 8.65. The van der Waals surface area contributed by atoms with Crippen molar-refractivity contribution in [3.05, 3.63) is 48.0 Å². The predicted octanol–water partition coefficient (Wildman–Crippen LogP) is 1.94. The van der Waals surface area contributed by atoms with E-state index in [0.717, 1.165) is 25.1 Å². The maximum Gasteiger partial charge on any atom is 0.256 e. The maximum absolute atomic E-state index is 12.7. The topological polar surface area (TPSA) is 67.6 Å². The summed E-state index contributed by atoms with van der Waals surface area (Å²) in [4.78, 5) is 18.9. The Labute approximate surface area is 148 Å². The van der Waals surface area contributed by atoms with Gasteiger partial charge in [-0.3, -0.25) is 4.79 Å². The smallest absolute Gasteiger partial charge is 0.256 e. The molecule has 0 bridgehead atoms. The zero-order chi connectivity index (χ0) is 17.8. The average Bonchev–Trinajstić information content (AvgIpc) is 3.05. The van der Waals surface area contributed by atoms with E-state index in [1.54, 1.807) is 42.5 Å². The number of carbonyl (C=O) groups is 1. The van der Waals surface area contributed by atoms with Gasteiger partial charge in [0.05, 0.1) is 7.11 Å². The van der Waals surface area contributed by atoms with Gasteiger partial charge in [0.2, 0.25) is 0 Å². The van der Waals surface area contributed by atoms with Crippen LogP contribution >= 0.6 is 0 Å². The van der Waals surface area contributed by atoms with Gasteiger partial charge in [-0.1, -0.05) is 12.1 Å². The van der Waals surface area contributed by atoms with Gasteiger partial charge in [0.15, 0.2) is 6.10 Å². The molecule has 1 N–H and O–H groups in total. The van der Waals surface area contributed by atoms with E-state index in [2.05, 4.69) is 4.98 Å². The number of ether oxygens (including phenoxy) is 1. The van der Waals surface area contributed by atoms with Gasteiger partial charge < -0.3 is 19.3 Å². The molecule has 25 heavy (non-hydrogen) atoms. The lowest BCUT2D eigenvalue weighted by Crippen LogP contribution is -2.43. The molecule has 0 spiro atoms. The number of aliphatic hydroxyl groups is 1. The second kappa shape index (κ2) is 7.70. The molecule has 1 aromatic carbocycles. The van der Waals surface area contributed by atoms with E-state index in [-0.39, 0.29) is 5.91 Å². The van der Waals surface area contributed by atoms with Gasteiger partial charge in [-0.25, -0.2) is 4.98 Å². The Balaban J connectivity index is 1.65. The van der Waals surface area contributed by atoms with Crippen LogP contribution in [0.15, 0.2) is 36.7 Å². The SMILES string of the molecule is COc1cccc(C(O)C(=O)N2CCCC(Cc3nccn3C)C2)c1. The standard InChI is InChI=1S/C19H25N3O3/c1-21-10-8-20-17(21)11-14-5-4-9-22(13-14)19(24)18(23)15-6-3-7-16(12-15)25-2/h3,6-8,10,12,14,18,23H,4-5,9,11,13H2,1-2H3. The fourth-order valence-corrected chi connectivity index (χ4v) is 3.41. The van der Waals surface area contributed by atoms with Crippen LogP contribution in [0, 0.1) is 5.92 Å². The summed E-state index contributed by atoms with van der Waals surface area (Å²) in [5.41, 5.74) is 0.565. The lowest BCUT2D eigenvalue weighted by atomic mass is 9.93. The predicted molar refractivity (Wildman–Crippen MR) is 94.2 cm³/mol. The van der Waals surface area contributed by atoms with Crippen molar-refractivity contribution >= 4 is 5.91 Å². The van der Waals surface area contributed by atoms with Crippen LogP contribution in [0.25, 0.3) is 0 Å². The van der Waals surface area contributed by atoms with Crippen LogP contribution in [0.3, 0.4) is 0 Å².